The highest BCUT2D eigenvalue weighted by Gasteiger charge is 2.27. The molecule has 2 aromatic rings. The number of methoxy groups -OCH3 is 1. The van der Waals surface area contributed by atoms with Crippen LogP contribution in [0.2, 0.25) is 0 Å². The normalized spacial score (nSPS) is 10.9. The molecule has 0 bridgehead atoms. The van der Waals surface area contributed by atoms with E-state index in [0.717, 1.165) is 10.6 Å². The lowest BCUT2D eigenvalue weighted by Gasteiger charge is -2.27. The van der Waals surface area contributed by atoms with Crippen LogP contribution < -0.4 is 9.21 Å². The summed E-state index contributed by atoms with van der Waals surface area (Å²) in [6.45, 7) is 1.74. The Labute approximate surface area is 159 Å². The van der Waals surface area contributed by atoms with Crippen LogP contribution in [-0.4, -0.2) is 46.7 Å². The van der Waals surface area contributed by atoms with Crippen molar-refractivity contribution in [3.63, 3.8) is 0 Å². The molecule has 0 saturated heterocycles. The number of rotatable bonds is 7. The van der Waals surface area contributed by atoms with Gasteiger partial charge >= 0.3 is 5.97 Å². The molecule has 0 radical (unpaired) electrons. The van der Waals surface area contributed by atoms with E-state index >= 15 is 0 Å². The van der Waals surface area contributed by atoms with Crippen LogP contribution in [0.15, 0.2) is 54.6 Å². The van der Waals surface area contributed by atoms with E-state index in [4.69, 9.17) is 4.74 Å². The Morgan fingerprint density at radius 3 is 2.15 bits per heavy atom. The zero-order chi connectivity index (χ0) is 20.0. The summed E-state index contributed by atoms with van der Waals surface area (Å²) in [7, 11) is -2.61. The Morgan fingerprint density at radius 2 is 1.59 bits per heavy atom. The van der Waals surface area contributed by atoms with Crippen LogP contribution in [-0.2, 0) is 19.6 Å². The minimum absolute atomic E-state index is 0.0704. The molecule has 0 aliphatic carbocycles. The Morgan fingerprint density at radius 1 is 1.00 bits per heavy atom. The van der Waals surface area contributed by atoms with Gasteiger partial charge in [0.05, 0.1) is 24.6 Å². The van der Waals surface area contributed by atoms with Crippen LogP contribution in [0.3, 0.4) is 0 Å². The lowest BCUT2D eigenvalue weighted by molar-refractivity contribution is -0.117. The second kappa shape index (κ2) is 8.68. The molecule has 0 aliphatic heterocycles. The summed E-state index contributed by atoms with van der Waals surface area (Å²) in [6, 6.07) is 15.1. The van der Waals surface area contributed by atoms with Gasteiger partial charge in [-0.2, -0.15) is 0 Å². The number of ether oxygens (including phenoxy) is 1. The standard InChI is InChI=1S/C19H22N2O5S/c1-4-20(15-10-6-5-7-11-15)18(22)14-21(27(3,24)25)17-13-9-8-12-16(17)19(23)26-2/h5-13H,4,14H2,1-3H3. The summed E-state index contributed by atoms with van der Waals surface area (Å²) in [5.41, 5.74) is 0.838. The third kappa shape index (κ3) is 4.85. The van der Waals surface area contributed by atoms with E-state index in [2.05, 4.69) is 0 Å². The van der Waals surface area contributed by atoms with Crippen molar-refractivity contribution in [2.24, 2.45) is 0 Å². The first-order valence-corrected chi connectivity index (χ1v) is 10.1. The van der Waals surface area contributed by atoms with Crippen molar-refractivity contribution < 1.29 is 22.7 Å². The molecule has 7 nitrogen and oxygen atoms in total. The summed E-state index contributed by atoms with van der Waals surface area (Å²) in [5.74, 6) is -1.09. The second-order valence-electron chi connectivity index (χ2n) is 5.75. The van der Waals surface area contributed by atoms with Gasteiger partial charge in [-0.05, 0) is 31.2 Å². The van der Waals surface area contributed by atoms with Crippen LogP contribution in [0, 0.1) is 0 Å². The second-order valence-corrected chi connectivity index (χ2v) is 7.66. The molecule has 0 spiro atoms. The fraction of sp³-hybridized carbons (Fsp3) is 0.263. The van der Waals surface area contributed by atoms with Gasteiger partial charge in [-0.15, -0.1) is 0 Å². The number of hydrogen-bond acceptors (Lipinski definition) is 5. The largest absolute Gasteiger partial charge is 0.465 e. The number of carbonyl (C=O) groups is 2. The monoisotopic (exact) mass is 390 g/mol. The summed E-state index contributed by atoms with van der Waals surface area (Å²) in [4.78, 5) is 26.4. The average molecular weight is 390 g/mol. The van der Waals surface area contributed by atoms with Crippen molar-refractivity contribution in [3.8, 4) is 0 Å². The topological polar surface area (TPSA) is 84.0 Å². The number of esters is 1. The highest BCUT2D eigenvalue weighted by molar-refractivity contribution is 7.92. The van der Waals surface area contributed by atoms with E-state index in [-0.39, 0.29) is 11.3 Å². The first-order valence-electron chi connectivity index (χ1n) is 8.30. The Kier molecular flexibility index (Phi) is 6.57. The first kappa shape index (κ1) is 20.4. The van der Waals surface area contributed by atoms with Crippen LogP contribution in [0.5, 0.6) is 0 Å². The van der Waals surface area contributed by atoms with E-state index in [9.17, 15) is 18.0 Å². The summed E-state index contributed by atoms with van der Waals surface area (Å²) >= 11 is 0. The molecule has 0 unspecified atom stereocenters. The fourth-order valence-electron chi connectivity index (χ4n) is 2.67. The number of nitrogens with zero attached hydrogens (tertiary/aromatic N) is 2. The zero-order valence-corrected chi connectivity index (χ0v) is 16.3. The number of benzene rings is 2. The van der Waals surface area contributed by atoms with Gasteiger partial charge in [-0.3, -0.25) is 9.10 Å². The Balaban J connectivity index is 2.42. The van der Waals surface area contributed by atoms with Gasteiger partial charge in [0.1, 0.15) is 6.54 Å². The number of likely N-dealkylation sites (N-methyl/N-ethyl adjacent to an activating group) is 1. The van der Waals surface area contributed by atoms with E-state index < -0.39 is 28.4 Å². The minimum Gasteiger partial charge on any atom is -0.465 e. The smallest absolute Gasteiger partial charge is 0.340 e. The number of anilines is 2. The number of para-hydroxylation sites is 2. The van der Waals surface area contributed by atoms with Gasteiger partial charge in [0.25, 0.3) is 0 Å². The molecule has 0 atom stereocenters. The molecular weight excluding hydrogens is 368 g/mol. The van der Waals surface area contributed by atoms with E-state index in [1.54, 1.807) is 43.3 Å². The number of amides is 1. The lowest BCUT2D eigenvalue weighted by Crippen LogP contribution is -2.43. The molecule has 27 heavy (non-hydrogen) atoms. The highest BCUT2D eigenvalue weighted by Crippen LogP contribution is 2.24. The Bertz CT molecular complexity index is 913. The quantitative estimate of drug-likeness (QED) is 0.678. The van der Waals surface area contributed by atoms with E-state index in [1.165, 1.54) is 24.1 Å². The molecule has 0 aliphatic rings. The third-order valence-corrected chi connectivity index (χ3v) is 5.07. The van der Waals surface area contributed by atoms with E-state index in [1.807, 2.05) is 6.07 Å². The van der Waals surface area contributed by atoms with Gasteiger partial charge in [0, 0.05) is 12.2 Å². The van der Waals surface area contributed by atoms with Gasteiger partial charge in [-0.1, -0.05) is 30.3 Å². The maximum Gasteiger partial charge on any atom is 0.340 e. The number of carbonyl (C=O) groups excluding carboxylic acids is 2. The molecule has 0 heterocycles. The molecule has 0 saturated carbocycles. The predicted molar refractivity (Wildman–Crippen MR) is 104 cm³/mol. The first-order chi connectivity index (χ1) is 12.8. The molecule has 0 fully saturated rings. The van der Waals surface area contributed by atoms with Crippen LogP contribution in [0.4, 0.5) is 11.4 Å². The number of hydrogen-bond donors (Lipinski definition) is 0. The third-order valence-electron chi connectivity index (χ3n) is 3.94. The van der Waals surface area contributed by atoms with Crippen molar-refractivity contribution in [2.45, 2.75) is 6.92 Å². The molecule has 0 N–H and O–H groups in total. The van der Waals surface area contributed by atoms with Gasteiger partial charge in [0.2, 0.25) is 15.9 Å². The molecule has 144 valence electrons. The lowest BCUT2D eigenvalue weighted by atomic mass is 10.2. The minimum atomic E-state index is -3.82. The highest BCUT2D eigenvalue weighted by atomic mass is 32.2. The van der Waals surface area contributed by atoms with Crippen LogP contribution in [0.1, 0.15) is 17.3 Å². The maximum absolute atomic E-state index is 12.9. The summed E-state index contributed by atoms with van der Waals surface area (Å²) in [6.07, 6.45) is 0.993. The maximum atomic E-state index is 12.9. The van der Waals surface area contributed by atoms with Gasteiger partial charge < -0.3 is 9.64 Å². The zero-order valence-electron chi connectivity index (χ0n) is 15.5. The predicted octanol–water partition coefficient (Wildman–Crippen LogP) is 2.29. The van der Waals surface area contributed by atoms with Crippen molar-refractivity contribution in [1.29, 1.82) is 0 Å². The fourth-order valence-corrected chi connectivity index (χ4v) is 3.54. The molecule has 0 aromatic heterocycles. The molecule has 1 amide bonds. The molecular formula is C19H22N2O5S. The van der Waals surface area contributed by atoms with Gasteiger partial charge in [0.15, 0.2) is 0 Å². The van der Waals surface area contributed by atoms with Crippen LogP contribution in [0.25, 0.3) is 0 Å². The van der Waals surface area contributed by atoms with Crippen molar-refractivity contribution in [1.82, 2.24) is 0 Å². The summed E-state index contributed by atoms with van der Waals surface area (Å²) < 4.78 is 30.4. The van der Waals surface area contributed by atoms with Gasteiger partial charge in [-0.25, -0.2) is 13.2 Å². The molecule has 8 heteroatoms. The van der Waals surface area contributed by atoms with E-state index in [0.29, 0.717) is 12.2 Å². The summed E-state index contributed by atoms with van der Waals surface area (Å²) in [5, 5.41) is 0. The average Bonchev–Trinajstić information content (AvgIpc) is 2.66. The SMILES string of the molecule is CCN(C(=O)CN(c1ccccc1C(=O)OC)S(C)(=O)=O)c1ccccc1. The van der Waals surface area contributed by atoms with Crippen molar-refractivity contribution >= 4 is 33.3 Å². The number of sulfonamides is 1. The molecule has 2 aromatic carbocycles. The van der Waals surface area contributed by atoms with Crippen molar-refractivity contribution in [3.05, 3.63) is 60.2 Å². The Hall–Kier alpha value is -2.87. The van der Waals surface area contributed by atoms with Crippen LogP contribution >= 0.6 is 0 Å². The van der Waals surface area contributed by atoms with Crippen molar-refractivity contribution in [2.75, 3.05) is 35.7 Å². The molecule has 2 rings (SSSR count).